The lowest BCUT2D eigenvalue weighted by molar-refractivity contribution is -0.120. The molecule has 5 heteroatoms. The van der Waals surface area contributed by atoms with Crippen LogP contribution in [-0.2, 0) is 11.2 Å². The molecule has 21 heavy (non-hydrogen) atoms. The Hall–Kier alpha value is -1.46. The van der Waals surface area contributed by atoms with Crippen LogP contribution < -0.4 is 11.1 Å². The molecule has 1 aromatic carbocycles. The van der Waals surface area contributed by atoms with E-state index in [-0.39, 0.29) is 5.91 Å². The molecule has 0 spiro atoms. The molecule has 0 heterocycles. The van der Waals surface area contributed by atoms with Gasteiger partial charge in [-0.1, -0.05) is 36.5 Å². The molecule has 1 aromatic rings. The average molecular weight is 307 g/mol. The van der Waals surface area contributed by atoms with Gasteiger partial charge in [-0.25, -0.2) is 0 Å². The molecule has 4 nitrogen and oxygen atoms in total. The van der Waals surface area contributed by atoms with Gasteiger partial charge in [0.05, 0.1) is 6.42 Å². The van der Waals surface area contributed by atoms with Gasteiger partial charge in [0.25, 0.3) is 0 Å². The van der Waals surface area contributed by atoms with Crippen LogP contribution in [0.15, 0.2) is 24.3 Å². The second-order valence-electron chi connectivity index (χ2n) is 5.52. The summed E-state index contributed by atoms with van der Waals surface area (Å²) < 4.78 is 0. The third kappa shape index (κ3) is 6.69. The lowest BCUT2D eigenvalue weighted by atomic mass is 10.1. The minimum absolute atomic E-state index is 0.0466. The smallest absolute Gasteiger partial charge is 0.224 e. The molecule has 0 radical (unpaired) electrons. The molecule has 0 aromatic heterocycles. The second kappa shape index (κ2) is 8.74. The number of thiocarbonyl (C=S) groups is 1. The van der Waals surface area contributed by atoms with Gasteiger partial charge in [-0.15, -0.1) is 0 Å². The number of carbonyl (C=O) groups is 1. The zero-order chi connectivity index (χ0) is 15.8. The van der Waals surface area contributed by atoms with E-state index in [0.29, 0.717) is 24.0 Å². The maximum absolute atomic E-state index is 11.8. The first-order valence-electron chi connectivity index (χ1n) is 7.26. The van der Waals surface area contributed by atoms with E-state index in [1.807, 2.05) is 24.3 Å². The van der Waals surface area contributed by atoms with Gasteiger partial charge in [-0.3, -0.25) is 4.79 Å². The predicted octanol–water partition coefficient (Wildman–Crippen LogP) is 1.71. The maximum Gasteiger partial charge on any atom is 0.224 e. The summed E-state index contributed by atoms with van der Waals surface area (Å²) in [6, 6.07) is 8.01. The number of nitrogens with zero attached hydrogens (tertiary/aromatic N) is 1. The van der Waals surface area contributed by atoms with Crippen LogP contribution in [0.3, 0.4) is 0 Å². The number of hydrogen-bond acceptors (Lipinski definition) is 3. The third-order valence-corrected chi connectivity index (χ3v) is 3.73. The van der Waals surface area contributed by atoms with Gasteiger partial charge in [0, 0.05) is 18.2 Å². The van der Waals surface area contributed by atoms with E-state index in [1.165, 1.54) is 0 Å². The average Bonchev–Trinajstić information content (AvgIpc) is 2.43. The molecular weight excluding hydrogens is 282 g/mol. The topological polar surface area (TPSA) is 58.4 Å². The van der Waals surface area contributed by atoms with Crippen LogP contribution in [0.1, 0.15) is 31.4 Å². The molecule has 1 amide bonds. The zero-order valence-corrected chi connectivity index (χ0v) is 13.9. The summed E-state index contributed by atoms with van der Waals surface area (Å²) >= 11 is 4.90. The van der Waals surface area contributed by atoms with Crippen molar-refractivity contribution in [2.24, 2.45) is 5.73 Å². The number of hydrogen-bond donors (Lipinski definition) is 2. The third-order valence-electron chi connectivity index (χ3n) is 3.49. The Morgan fingerprint density at radius 3 is 2.48 bits per heavy atom. The first-order chi connectivity index (χ1) is 9.90. The molecule has 0 aliphatic rings. The normalized spacial score (nSPS) is 10.9. The Kier molecular flexibility index (Phi) is 7.32. The van der Waals surface area contributed by atoms with Gasteiger partial charge in [0.1, 0.15) is 4.99 Å². The summed E-state index contributed by atoms with van der Waals surface area (Å²) in [6.45, 7) is 6.02. The number of nitrogens with two attached hydrogens (primary N) is 1. The number of rotatable bonds is 8. The molecule has 0 bridgehead atoms. The highest BCUT2D eigenvalue weighted by Gasteiger charge is 2.05. The Balaban J connectivity index is 2.29. The van der Waals surface area contributed by atoms with E-state index in [1.54, 1.807) is 0 Å². The van der Waals surface area contributed by atoms with Crippen molar-refractivity contribution in [1.82, 2.24) is 10.2 Å². The fraction of sp³-hybridized carbons (Fsp3) is 0.500. The van der Waals surface area contributed by atoms with E-state index < -0.39 is 0 Å². The summed E-state index contributed by atoms with van der Waals surface area (Å²) in [4.78, 5) is 14.5. The summed E-state index contributed by atoms with van der Waals surface area (Å²) in [5.74, 6) is 0.0466. The first kappa shape index (κ1) is 17.6. The van der Waals surface area contributed by atoms with Gasteiger partial charge in [-0.2, -0.15) is 0 Å². The summed E-state index contributed by atoms with van der Waals surface area (Å²) in [6.07, 6.45) is 1.35. The number of amides is 1. The molecule has 0 saturated carbocycles. The summed E-state index contributed by atoms with van der Waals surface area (Å²) in [5.41, 5.74) is 7.33. The first-order valence-corrected chi connectivity index (χ1v) is 7.66. The van der Waals surface area contributed by atoms with E-state index >= 15 is 0 Å². The van der Waals surface area contributed by atoms with Gasteiger partial charge < -0.3 is 16.0 Å². The lowest BCUT2D eigenvalue weighted by Crippen LogP contribution is -2.31. The molecular formula is C16H25N3OS. The fourth-order valence-electron chi connectivity index (χ4n) is 1.85. The van der Waals surface area contributed by atoms with Crippen LogP contribution in [-0.4, -0.2) is 42.0 Å². The molecule has 3 N–H and O–H groups in total. The minimum Gasteiger partial charge on any atom is -0.389 e. The van der Waals surface area contributed by atoms with Crippen LogP contribution in [0.5, 0.6) is 0 Å². The van der Waals surface area contributed by atoms with Gasteiger partial charge in [-0.05, 0) is 39.4 Å². The summed E-state index contributed by atoms with van der Waals surface area (Å²) in [7, 11) is 2.09. The molecule has 0 aliphatic heterocycles. The highest BCUT2D eigenvalue weighted by molar-refractivity contribution is 7.80. The lowest BCUT2D eigenvalue weighted by Gasteiger charge is -2.20. The maximum atomic E-state index is 11.8. The monoisotopic (exact) mass is 307 g/mol. The predicted molar refractivity (Wildman–Crippen MR) is 91.4 cm³/mol. The van der Waals surface area contributed by atoms with Crippen molar-refractivity contribution in [3.05, 3.63) is 35.4 Å². The quantitative estimate of drug-likeness (QED) is 0.567. The molecule has 0 aliphatic carbocycles. The standard InChI is InChI=1S/C16H25N3OS/c1-12(2)19(3)10-4-9-18-15(20)11-13-5-7-14(8-6-13)16(17)21/h5-8,12H,4,9-11H2,1-3H3,(H2,17,21)(H,18,20). The van der Waals surface area contributed by atoms with Crippen LogP contribution in [0.4, 0.5) is 0 Å². The molecule has 116 valence electrons. The molecule has 0 atom stereocenters. The second-order valence-corrected chi connectivity index (χ2v) is 5.96. The van der Waals surface area contributed by atoms with Crippen LogP contribution in [0.2, 0.25) is 0 Å². The molecule has 1 rings (SSSR count). The van der Waals surface area contributed by atoms with Gasteiger partial charge in [0.15, 0.2) is 0 Å². The molecule has 0 unspecified atom stereocenters. The van der Waals surface area contributed by atoms with Crippen molar-refractivity contribution >= 4 is 23.1 Å². The fourth-order valence-corrected chi connectivity index (χ4v) is 1.99. The number of carbonyl (C=O) groups excluding carboxylic acids is 1. The number of benzene rings is 1. The van der Waals surface area contributed by atoms with Crippen LogP contribution in [0.25, 0.3) is 0 Å². The largest absolute Gasteiger partial charge is 0.389 e. The van der Waals surface area contributed by atoms with Crippen molar-refractivity contribution in [1.29, 1.82) is 0 Å². The minimum atomic E-state index is 0.0466. The zero-order valence-electron chi connectivity index (χ0n) is 13.1. The Morgan fingerprint density at radius 2 is 1.95 bits per heavy atom. The highest BCUT2D eigenvalue weighted by Crippen LogP contribution is 2.05. The Bertz CT molecular complexity index is 471. The summed E-state index contributed by atoms with van der Waals surface area (Å²) in [5, 5.41) is 2.95. The Labute approximate surface area is 132 Å². The van der Waals surface area contributed by atoms with Crippen LogP contribution in [0, 0.1) is 0 Å². The van der Waals surface area contributed by atoms with Crippen molar-refractivity contribution in [3.63, 3.8) is 0 Å². The van der Waals surface area contributed by atoms with Crippen molar-refractivity contribution < 1.29 is 4.79 Å². The SMILES string of the molecule is CC(C)N(C)CCCNC(=O)Cc1ccc(C(N)=S)cc1. The van der Waals surface area contributed by atoms with E-state index in [9.17, 15) is 4.79 Å². The molecule has 0 saturated heterocycles. The van der Waals surface area contributed by atoms with Gasteiger partial charge >= 0.3 is 0 Å². The van der Waals surface area contributed by atoms with E-state index in [4.69, 9.17) is 18.0 Å². The highest BCUT2D eigenvalue weighted by atomic mass is 32.1. The molecule has 0 fully saturated rings. The van der Waals surface area contributed by atoms with E-state index in [2.05, 4.69) is 31.1 Å². The van der Waals surface area contributed by atoms with Gasteiger partial charge in [0.2, 0.25) is 5.91 Å². The van der Waals surface area contributed by atoms with E-state index in [0.717, 1.165) is 24.1 Å². The van der Waals surface area contributed by atoms with Crippen molar-refractivity contribution in [3.8, 4) is 0 Å². The van der Waals surface area contributed by atoms with Crippen molar-refractivity contribution in [2.75, 3.05) is 20.1 Å². The number of nitrogens with one attached hydrogen (secondary N) is 1. The Morgan fingerprint density at radius 1 is 1.33 bits per heavy atom. The van der Waals surface area contributed by atoms with Crippen LogP contribution >= 0.6 is 12.2 Å². The van der Waals surface area contributed by atoms with Crippen molar-refractivity contribution in [2.45, 2.75) is 32.7 Å².